The van der Waals surface area contributed by atoms with E-state index in [-0.39, 0.29) is 17.9 Å². The first-order valence-corrected chi connectivity index (χ1v) is 11.5. The third-order valence-electron chi connectivity index (χ3n) is 6.06. The molecule has 1 atom stereocenters. The van der Waals surface area contributed by atoms with Crippen LogP contribution in [0.1, 0.15) is 29.7 Å². The Kier molecular flexibility index (Phi) is 6.14. The molecule has 0 spiro atoms. The molecule has 0 aliphatic carbocycles. The topological polar surface area (TPSA) is 85.3 Å². The van der Waals surface area contributed by atoms with Crippen LogP contribution in [0.25, 0.3) is 5.76 Å². The SMILES string of the molecule is CCOc1ccc(C2C(=C(O)c3ccc4c(c3)OCCO4)C(=O)C(=O)N2Cc2ccccc2)cc1. The van der Waals surface area contributed by atoms with Gasteiger partial charge in [-0.2, -0.15) is 0 Å². The summed E-state index contributed by atoms with van der Waals surface area (Å²) in [7, 11) is 0. The summed E-state index contributed by atoms with van der Waals surface area (Å²) in [4.78, 5) is 28.0. The maximum absolute atomic E-state index is 13.3. The van der Waals surface area contributed by atoms with Crippen LogP contribution in [-0.4, -0.2) is 41.5 Å². The summed E-state index contributed by atoms with van der Waals surface area (Å²) in [5, 5.41) is 11.3. The number of hydrogen-bond acceptors (Lipinski definition) is 6. The highest BCUT2D eigenvalue weighted by Crippen LogP contribution is 2.42. The number of amides is 1. The van der Waals surface area contributed by atoms with Crippen molar-refractivity contribution < 1.29 is 28.9 Å². The first-order chi connectivity index (χ1) is 17.1. The van der Waals surface area contributed by atoms with Gasteiger partial charge in [-0.15, -0.1) is 0 Å². The second-order valence-electron chi connectivity index (χ2n) is 8.27. The number of benzene rings is 3. The molecule has 7 heteroatoms. The largest absolute Gasteiger partial charge is 0.507 e. The molecule has 35 heavy (non-hydrogen) atoms. The molecule has 0 aromatic heterocycles. The average Bonchev–Trinajstić information content (AvgIpc) is 3.14. The minimum atomic E-state index is -0.765. The van der Waals surface area contributed by atoms with Crippen LogP contribution >= 0.6 is 0 Å². The van der Waals surface area contributed by atoms with E-state index in [0.29, 0.717) is 48.2 Å². The van der Waals surface area contributed by atoms with Gasteiger partial charge in [0.15, 0.2) is 11.5 Å². The van der Waals surface area contributed by atoms with Gasteiger partial charge in [0.2, 0.25) is 0 Å². The standard InChI is InChI=1S/C28H25NO6/c1-2-33-21-11-8-19(9-12-21)25-24(26(30)20-10-13-22-23(16-20)35-15-14-34-22)27(31)28(32)29(25)17-18-6-4-3-5-7-18/h3-13,16,25,30H,2,14-15,17H2,1H3. The minimum Gasteiger partial charge on any atom is -0.507 e. The molecule has 178 valence electrons. The number of carbonyl (C=O) groups is 2. The van der Waals surface area contributed by atoms with E-state index in [2.05, 4.69) is 0 Å². The monoisotopic (exact) mass is 471 g/mol. The van der Waals surface area contributed by atoms with Crippen molar-refractivity contribution in [3.05, 3.63) is 95.1 Å². The Morgan fingerprint density at radius 1 is 0.971 bits per heavy atom. The van der Waals surface area contributed by atoms with Crippen molar-refractivity contribution >= 4 is 17.4 Å². The molecule has 5 rings (SSSR count). The Bertz CT molecular complexity index is 1280. The van der Waals surface area contributed by atoms with E-state index in [4.69, 9.17) is 14.2 Å². The van der Waals surface area contributed by atoms with Gasteiger partial charge in [-0.3, -0.25) is 9.59 Å². The first-order valence-electron chi connectivity index (χ1n) is 11.5. The fourth-order valence-corrected chi connectivity index (χ4v) is 4.43. The quantitative estimate of drug-likeness (QED) is 0.324. The molecule has 1 N–H and O–H groups in total. The van der Waals surface area contributed by atoms with E-state index < -0.39 is 17.7 Å². The molecule has 7 nitrogen and oxygen atoms in total. The predicted molar refractivity (Wildman–Crippen MR) is 129 cm³/mol. The normalized spacial score (nSPS) is 18.5. The van der Waals surface area contributed by atoms with Crippen molar-refractivity contribution in [2.45, 2.75) is 19.5 Å². The molecule has 0 saturated carbocycles. The molecular formula is C28H25NO6. The molecular weight excluding hydrogens is 446 g/mol. The molecule has 2 aliphatic heterocycles. The number of nitrogens with zero attached hydrogens (tertiary/aromatic N) is 1. The van der Waals surface area contributed by atoms with Crippen molar-refractivity contribution in [1.82, 2.24) is 4.90 Å². The molecule has 3 aromatic carbocycles. The maximum atomic E-state index is 13.3. The Hall–Kier alpha value is -4.26. The van der Waals surface area contributed by atoms with Crippen molar-refractivity contribution in [3.63, 3.8) is 0 Å². The third-order valence-corrected chi connectivity index (χ3v) is 6.06. The highest BCUT2D eigenvalue weighted by molar-refractivity contribution is 6.46. The van der Waals surface area contributed by atoms with E-state index in [1.165, 1.54) is 4.90 Å². The third kappa shape index (κ3) is 4.33. The lowest BCUT2D eigenvalue weighted by Gasteiger charge is -2.26. The number of hydrogen-bond donors (Lipinski definition) is 1. The number of Topliss-reactive ketones (excluding diaryl/α,β-unsaturated/α-hetero) is 1. The van der Waals surface area contributed by atoms with E-state index in [1.807, 2.05) is 49.4 Å². The van der Waals surface area contributed by atoms with Crippen LogP contribution in [0.3, 0.4) is 0 Å². The Morgan fingerprint density at radius 2 is 1.69 bits per heavy atom. The number of ketones is 1. The highest BCUT2D eigenvalue weighted by Gasteiger charge is 2.46. The Balaban J connectivity index is 1.61. The number of aliphatic hydroxyl groups is 1. The van der Waals surface area contributed by atoms with Crippen molar-refractivity contribution in [2.75, 3.05) is 19.8 Å². The number of rotatable bonds is 6. The van der Waals surface area contributed by atoms with Crippen LogP contribution in [0, 0.1) is 0 Å². The first kappa shape index (κ1) is 22.5. The number of aliphatic hydroxyl groups excluding tert-OH is 1. The number of likely N-dealkylation sites (tertiary alicyclic amines) is 1. The summed E-state index contributed by atoms with van der Waals surface area (Å²) >= 11 is 0. The van der Waals surface area contributed by atoms with Crippen LogP contribution in [0.5, 0.6) is 17.2 Å². The lowest BCUT2D eigenvalue weighted by molar-refractivity contribution is -0.140. The Morgan fingerprint density at radius 3 is 2.40 bits per heavy atom. The van der Waals surface area contributed by atoms with Crippen LogP contribution in [-0.2, 0) is 16.1 Å². The molecule has 1 amide bonds. The van der Waals surface area contributed by atoms with Crippen LogP contribution in [0.2, 0.25) is 0 Å². The molecule has 1 unspecified atom stereocenters. The molecule has 0 radical (unpaired) electrons. The average molecular weight is 472 g/mol. The molecule has 1 saturated heterocycles. The van der Waals surface area contributed by atoms with Gasteiger partial charge in [0.05, 0.1) is 18.2 Å². The Labute approximate surface area is 203 Å². The molecule has 0 bridgehead atoms. The second-order valence-corrected chi connectivity index (χ2v) is 8.27. The number of carbonyl (C=O) groups excluding carboxylic acids is 2. The van der Waals surface area contributed by atoms with Crippen LogP contribution in [0.4, 0.5) is 0 Å². The van der Waals surface area contributed by atoms with Gasteiger partial charge in [-0.25, -0.2) is 0 Å². The molecule has 2 heterocycles. The summed E-state index contributed by atoms with van der Waals surface area (Å²) in [6.45, 7) is 3.48. The van der Waals surface area contributed by atoms with Gasteiger partial charge < -0.3 is 24.2 Å². The molecule has 1 fully saturated rings. The molecule has 2 aliphatic rings. The zero-order valence-electron chi connectivity index (χ0n) is 19.3. The van der Waals surface area contributed by atoms with E-state index >= 15 is 0 Å². The summed E-state index contributed by atoms with van der Waals surface area (Å²) in [5.74, 6) is 0.0914. The summed E-state index contributed by atoms with van der Waals surface area (Å²) in [6, 6.07) is 20.9. The zero-order chi connectivity index (χ0) is 24.4. The molecule has 3 aromatic rings. The summed E-state index contributed by atoms with van der Waals surface area (Å²) < 4.78 is 16.8. The van der Waals surface area contributed by atoms with Gasteiger partial charge in [0.25, 0.3) is 11.7 Å². The van der Waals surface area contributed by atoms with Crippen molar-refractivity contribution in [1.29, 1.82) is 0 Å². The van der Waals surface area contributed by atoms with Gasteiger partial charge >= 0.3 is 0 Å². The fourth-order valence-electron chi connectivity index (χ4n) is 4.43. The van der Waals surface area contributed by atoms with E-state index in [9.17, 15) is 14.7 Å². The van der Waals surface area contributed by atoms with Crippen molar-refractivity contribution in [3.8, 4) is 17.2 Å². The van der Waals surface area contributed by atoms with Gasteiger partial charge in [0, 0.05) is 12.1 Å². The number of fused-ring (bicyclic) bond motifs is 1. The lowest BCUT2D eigenvalue weighted by Crippen LogP contribution is -2.29. The van der Waals surface area contributed by atoms with E-state index in [1.54, 1.807) is 30.3 Å². The minimum absolute atomic E-state index is 0.0340. The maximum Gasteiger partial charge on any atom is 0.295 e. The summed E-state index contributed by atoms with van der Waals surface area (Å²) in [5.41, 5.74) is 1.99. The van der Waals surface area contributed by atoms with Crippen molar-refractivity contribution in [2.24, 2.45) is 0 Å². The van der Waals surface area contributed by atoms with Gasteiger partial charge in [-0.1, -0.05) is 42.5 Å². The van der Waals surface area contributed by atoms with Gasteiger partial charge in [-0.05, 0) is 48.4 Å². The second kappa shape index (κ2) is 9.54. The number of ether oxygens (including phenoxy) is 3. The lowest BCUT2D eigenvalue weighted by atomic mass is 9.95. The van der Waals surface area contributed by atoms with Crippen LogP contribution in [0.15, 0.2) is 78.4 Å². The predicted octanol–water partition coefficient (Wildman–Crippen LogP) is 4.48. The zero-order valence-corrected chi connectivity index (χ0v) is 19.3. The van der Waals surface area contributed by atoms with Gasteiger partial charge in [0.1, 0.15) is 24.7 Å². The summed E-state index contributed by atoms with van der Waals surface area (Å²) in [6.07, 6.45) is 0. The van der Waals surface area contributed by atoms with E-state index in [0.717, 1.165) is 5.56 Å². The fraction of sp³-hybridized carbons (Fsp3) is 0.214. The smallest absolute Gasteiger partial charge is 0.295 e. The highest BCUT2D eigenvalue weighted by atomic mass is 16.6. The van der Waals surface area contributed by atoms with Crippen LogP contribution < -0.4 is 14.2 Å².